The largest absolute Gasteiger partial charge is 0.340 e. The normalized spacial score (nSPS) is 18.1. The Balaban J connectivity index is 1.94. The summed E-state index contributed by atoms with van der Waals surface area (Å²) in [5.41, 5.74) is 0.181. The van der Waals surface area contributed by atoms with Crippen molar-refractivity contribution in [3.05, 3.63) is 35.4 Å². The molecule has 0 bridgehead atoms. The fraction of sp³-hybridized carbons (Fsp3) is 0.500. The van der Waals surface area contributed by atoms with Crippen LogP contribution in [-0.2, 0) is 4.79 Å². The van der Waals surface area contributed by atoms with Crippen molar-refractivity contribution < 1.29 is 13.6 Å². The van der Waals surface area contributed by atoms with Crippen molar-refractivity contribution >= 4 is 17.5 Å². The first-order chi connectivity index (χ1) is 9.47. The van der Waals surface area contributed by atoms with Crippen LogP contribution in [0.5, 0.6) is 0 Å². The molecule has 2 rings (SSSR count). The maximum Gasteiger partial charge on any atom is 0.219 e. The number of rotatable bonds is 3. The molecule has 0 aliphatic carbocycles. The first-order valence-electron chi connectivity index (χ1n) is 6.54. The molecule has 1 saturated heterocycles. The molecule has 0 aromatic heterocycles. The molecule has 1 aliphatic heterocycles. The molecule has 1 amide bonds. The SMILES string of the molecule is CC(=O)N1CCN(CC(Cl)c2cc(F)ccc2F)CC1. The molecule has 0 radical (unpaired) electrons. The van der Waals surface area contributed by atoms with Crippen LogP contribution in [0.1, 0.15) is 17.9 Å². The van der Waals surface area contributed by atoms with Crippen molar-refractivity contribution in [3.63, 3.8) is 0 Å². The minimum Gasteiger partial charge on any atom is -0.340 e. The Labute approximate surface area is 122 Å². The van der Waals surface area contributed by atoms with E-state index in [0.29, 0.717) is 32.7 Å². The average Bonchev–Trinajstić information content (AvgIpc) is 2.42. The Bertz CT molecular complexity index is 490. The highest BCUT2D eigenvalue weighted by molar-refractivity contribution is 6.21. The second kappa shape index (κ2) is 6.50. The van der Waals surface area contributed by atoms with Crippen LogP contribution in [0.3, 0.4) is 0 Å². The summed E-state index contributed by atoms with van der Waals surface area (Å²) in [7, 11) is 0. The molecule has 1 aromatic carbocycles. The number of carbonyl (C=O) groups excluding carboxylic acids is 1. The average molecular weight is 303 g/mol. The number of piperazine rings is 1. The molecule has 1 aromatic rings. The van der Waals surface area contributed by atoms with Crippen molar-refractivity contribution in [2.75, 3.05) is 32.7 Å². The van der Waals surface area contributed by atoms with Gasteiger partial charge in [-0.15, -0.1) is 11.6 Å². The maximum atomic E-state index is 13.6. The van der Waals surface area contributed by atoms with Crippen molar-refractivity contribution in [1.82, 2.24) is 9.80 Å². The summed E-state index contributed by atoms with van der Waals surface area (Å²) in [6.07, 6.45) is 0. The molecule has 0 saturated carbocycles. The van der Waals surface area contributed by atoms with Crippen LogP contribution in [-0.4, -0.2) is 48.4 Å². The van der Waals surface area contributed by atoms with E-state index >= 15 is 0 Å². The summed E-state index contributed by atoms with van der Waals surface area (Å²) < 4.78 is 26.8. The highest BCUT2D eigenvalue weighted by atomic mass is 35.5. The van der Waals surface area contributed by atoms with Gasteiger partial charge in [-0.1, -0.05) is 0 Å². The smallest absolute Gasteiger partial charge is 0.219 e. The maximum absolute atomic E-state index is 13.6. The Morgan fingerprint density at radius 1 is 1.30 bits per heavy atom. The van der Waals surface area contributed by atoms with E-state index in [4.69, 9.17) is 11.6 Å². The van der Waals surface area contributed by atoms with Crippen molar-refractivity contribution in [1.29, 1.82) is 0 Å². The summed E-state index contributed by atoms with van der Waals surface area (Å²) >= 11 is 6.19. The van der Waals surface area contributed by atoms with Gasteiger partial charge in [0.05, 0.1) is 5.38 Å². The van der Waals surface area contributed by atoms with Crippen LogP contribution < -0.4 is 0 Å². The minimum absolute atomic E-state index is 0.0586. The van der Waals surface area contributed by atoms with Crippen LogP contribution >= 0.6 is 11.6 Å². The van der Waals surface area contributed by atoms with E-state index in [-0.39, 0.29) is 11.5 Å². The quantitative estimate of drug-likeness (QED) is 0.801. The molecule has 1 aliphatic rings. The van der Waals surface area contributed by atoms with Gasteiger partial charge in [0.15, 0.2) is 0 Å². The molecule has 0 N–H and O–H groups in total. The molecule has 1 atom stereocenters. The third-order valence-corrected chi connectivity index (χ3v) is 3.90. The minimum atomic E-state index is -0.602. The van der Waals surface area contributed by atoms with Crippen molar-refractivity contribution in [3.8, 4) is 0 Å². The van der Waals surface area contributed by atoms with E-state index in [1.807, 2.05) is 0 Å². The fourth-order valence-electron chi connectivity index (χ4n) is 2.33. The molecule has 0 spiro atoms. The van der Waals surface area contributed by atoms with Gasteiger partial charge in [-0.05, 0) is 18.2 Å². The van der Waals surface area contributed by atoms with Crippen LogP contribution in [0.2, 0.25) is 0 Å². The molecule has 1 fully saturated rings. The first kappa shape index (κ1) is 15.2. The van der Waals surface area contributed by atoms with Gasteiger partial charge in [0.2, 0.25) is 5.91 Å². The number of hydrogen-bond donors (Lipinski definition) is 0. The van der Waals surface area contributed by atoms with Crippen LogP contribution in [0.4, 0.5) is 8.78 Å². The zero-order valence-electron chi connectivity index (χ0n) is 11.3. The van der Waals surface area contributed by atoms with Gasteiger partial charge in [0.25, 0.3) is 0 Å². The Hall–Kier alpha value is -1.20. The van der Waals surface area contributed by atoms with Gasteiger partial charge in [0, 0.05) is 45.2 Å². The molecular weight excluding hydrogens is 286 g/mol. The van der Waals surface area contributed by atoms with Crippen LogP contribution in [0.15, 0.2) is 18.2 Å². The first-order valence-corrected chi connectivity index (χ1v) is 6.98. The summed E-state index contributed by atoms with van der Waals surface area (Å²) in [6.45, 7) is 4.66. The number of nitrogens with zero attached hydrogens (tertiary/aromatic N) is 2. The standard InChI is InChI=1S/C14H17ClF2N2O/c1-10(20)19-6-4-18(5-7-19)9-13(15)12-8-11(16)2-3-14(12)17/h2-3,8,13H,4-7,9H2,1H3. The van der Waals surface area contributed by atoms with Gasteiger partial charge in [-0.2, -0.15) is 0 Å². The second-order valence-corrected chi connectivity index (χ2v) is 5.47. The Morgan fingerprint density at radius 2 is 1.95 bits per heavy atom. The van der Waals surface area contributed by atoms with E-state index in [1.165, 1.54) is 0 Å². The van der Waals surface area contributed by atoms with E-state index in [0.717, 1.165) is 18.2 Å². The predicted octanol–water partition coefficient (Wildman–Crippen LogP) is 2.41. The molecule has 3 nitrogen and oxygen atoms in total. The summed E-state index contributed by atoms with van der Waals surface area (Å²) in [6, 6.07) is 3.31. The van der Waals surface area contributed by atoms with E-state index in [1.54, 1.807) is 11.8 Å². The second-order valence-electron chi connectivity index (χ2n) is 4.94. The molecule has 1 heterocycles. The highest BCUT2D eigenvalue weighted by Gasteiger charge is 2.22. The van der Waals surface area contributed by atoms with Crippen LogP contribution in [0.25, 0.3) is 0 Å². The number of carbonyl (C=O) groups is 1. The lowest BCUT2D eigenvalue weighted by Gasteiger charge is -2.35. The molecule has 6 heteroatoms. The number of halogens is 3. The summed E-state index contributed by atoms with van der Waals surface area (Å²) in [5.74, 6) is -0.925. The number of alkyl halides is 1. The number of hydrogen-bond acceptors (Lipinski definition) is 2. The topological polar surface area (TPSA) is 23.6 Å². The lowest BCUT2D eigenvalue weighted by molar-refractivity contribution is -0.130. The summed E-state index contributed by atoms with van der Waals surface area (Å²) in [4.78, 5) is 15.0. The Kier molecular flexibility index (Phi) is 4.94. The molecular formula is C14H17ClF2N2O. The fourth-order valence-corrected chi connectivity index (χ4v) is 2.69. The lowest BCUT2D eigenvalue weighted by Crippen LogP contribution is -2.48. The van der Waals surface area contributed by atoms with Gasteiger partial charge in [0.1, 0.15) is 11.6 Å². The van der Waals surface area contributed by atoms with Gasteiger partial charge in [-0.3, -0.25) is 9.69 Å². The summed E-state index contributed by atoms with van der Waals surface area (Å²) in [5, 5.41) is -0.602. The van der Waals surface area contributed by atoms with E-state index < -0.39 is 17.0 Å². The van der Waals surface area contributed by atoms with E-state index in [2.05, 4.69) is 4.90 Å². The number of amides is 1. The zero-order chi connectivity index (χ0) is 14.7. The predicted molar refractivity (Wildman–Crippen MR) is 73.6 cm³/mol. The van der Waals surface area contributed by atoms with E-state index in [9.17, 15) is 13.6 Å². The van der Waals surface area contributed by atoms with Crippen molar-refractivity contribution in [2.24, 2.45) is 0 Å². The highest BCUT2D eigenvalue weighted by Crippen LogP contribution is 2.25. The van der Waals surface area contributed by atoms with Gasteiger partial charge < -0.3 is 4.90 Å². The third kappa shape index (κ3) is 3.67. The molecule has 110 valence electrons. The lowest BCUT2D eigenvalue weighted by atomic mass is 10.1. The zero-order valence-corrected chi connectivity index (χ0v) is 12.0. The van der Waals surface area contributed by atoms with Gasteiger partial charge in [-0.25, -0.2) is 8.78 Å². The Morgan fingerprint density at radius 3 is 2.55 bits per heavy atom. The third-order valence-electron chi connectivity index (χ3n) is 3.53. The van der Waals surface area contributed by atoms with Crippen LogP contribution in [0, 0.1) is 11.6 Å². The molecule has 20 heavy (non-hydrogen) atoms. The monoisotopic (exact) mass is 302 g/mol. The number of benzene rings is 1. The van der Waals surface area contributed by atoms with Gasteiger partial charge >= 0.3 is 0 Å². The van der Waals surface area contributed by atoms with Crippen molar-refractivity contribution in [2.45, 2.75) is 12.3 Å². The molecule has 1 unspecified atom stereocenters.